The number of fused-ring (bicyclic) bond motifs is 1. The van der Waals surface area contributed by atoms with Crippen LogP contribution in [-0.2, 0) is 21.3 Å². The number of benzene rings is 3. The molecule has 10 heteroatoms. The number of amides is 1. The van der Waals surface area contributed by atoms with Crippen LogP contribution >= 0.6 is 11.3 Å². The molecule has 182 valence electrons. The van der Waals surface area contributed by atoms with Gasteiger partial charge in [-0.1, -0.05) is 35.5 Å². The molecule has 8 nitrogen and oxygen atoms in total. The second-order valence-corrected chi connectivity index (χ2v) is 10.2. The molecule has 1 heterocycles. The van der Waals surface area contributed by atoms with E-state index in [0.717, 1.165) is 10.2 Å². The van der Waals surface area contributed by atoms with Crippen molar-refractivity contribution in [3.63, 3.8) is 0 Å². The molecule has 0 aliphatic heterocycles. The summed E-state index contributed by atoms with van der Waals surface area (Å²) in [6.07, 6.45) is 5.53. The number of nitrogens with one attached hydrogen (secondary N) is 1. The van der Waals surface area contributed by atoms with Gasteiger partial charge in [-0.25, -0.2) is 13.2 Å². The van der Waals surface area contributed by atoms with Crippen molar-refractivity contribution >= 4 is 49.1 Å². The molecule has 0 aliphatic rings. The third-order valence-electron chi connectivity index (χ3n) is 5.08. The molecule has 0 aliphatic carbocycles. The number of esters is 1. The minimum Gasteiger partial charge on any atom is -0.462 e. The zero-order valence-corrected chi connectivity index (χ0v) is 20.8. The summed E-state index contributed by atoms with van der Waals surface area (Å²) >= 11 is 1.23. The van der Waals surface area contributed by atoms with Crippen molar-refractivity contribution in [3.8, 4) is 12.3 Å². The average molecular weight is 520 g/mol. The zero-order chi connectivity index (χ0) is 25.7. The molecule has 3 aromatic carbocycles. The van der Waals surface area contributed by atoms with E-state index in [2.05, 4.69) is 15.6 Å². The number of terminal acetylenes is 1. The second-order valence-electron chi connectivity index (χ2n) is 7.49. The van der Waals surface area contributed by atoms with Crippen LogP contribution < -0.4 is 9.52 Å². The molecular formula is C26H21N3O5S2. The number of sulfonamides is 1. The normalized spacial score (nSPS) is 11.7. The van der Waals surface area contributed by atoms with Gasteiger partial charge in [0.05, 0.1) is 33.8 Å². The van der Waals surface area contributed by atoms with Crippen LogP contribution in [0.4, 0.5) is 5.69 Å². The predicted octanol–water partition coefficient (Wildman–Crippen LogP) is 4.05. The summed E-state index contributed by atoms with van der Waals surface area (Å²) in [7, 11) is -3.75. The van der Waals surface area contributed by atoms with E-state index in [0.29, 0.717) is 16.1 Å². The monoisotopic (exact) mass is 519 g/mol. The molecule has 1 aromatic heterocycles. The van der Waals surface area contributed by atoms with E-state index in [9.17, 15) is 18.0 Å². The summed E-state index contributed by atoms with van der Waals surface area (Å²) < 4.78 is 35.0. The fourth-order valence-corrected chi connectivity index (χ4v) is 5.54. The third kappa shape index (κ3) is 5.38. The third-order valence-corrected chi connectivity index (χ3v) is 7.52. The Balaban J connectivity index is 1.62. The van der Waals surface area contributed by atoms with Crippen LogP contribution in [0, 0.1) is 12.3 Å². The number of rotatable bonds is 7. The van der Waals surface area contributed by atoms with E-state index in [-0.39, 0.29) is 23.6 Å². The maximum atomic E-state index is 12.9. The lowest BCUT2D eigenvalue weighted by molar-refractivity contribution is 0.0526. The Hall–Kier alpha value is -4.20. The van der Waals surface area contributed by atoms with Crippen molar-refractivity contribution in [3.05, 3.63) is 88.7 Å². The summed E-state index contributed by atoms with van der Waals surface area (Å²) in [5.74, 6) is 1.60. The molecule has 0 atom stereocenters. The second kappa shape index (κ2) is 10.6. The molecule has 4 aromatic rings. The molecule has 36 heavy (non-hydrogen) atoms. The molecule has 0 unspecified atom stereocenters. The Morgan fingerprint density at radius 1 is 1.06 bits per heavy atom. The molecule has 0 fully saturated rings. The summed E-state index contributed by atoms with van der Waals surface area (Å²) in [4.78, 5) is 29.7. The van der Waals surface area contributed by atoms with E-state index in [4.69, 9.17) is 11.2 Å². The first kappa shape index (κ1) is 24.9. The Bertz CT molecular complexity index is 1650. The fourth-order valence-electron chi connectivity index (χ4n) is 3.39. The topological polar surface area (TPSA) is 107 Å². The quantitative estimate of drug-likeness (QED) is 0.293. The van der Waals surface area contributed by atoms with Crippen LogP contribution in [0.15, 0.2) is 82.7 Å². The molecule has 1 amide bonds. The molecule has 0 spiro atoms. The standard InChI is InChI=1S/C26H21N3O5S2/c1-3-16-29-22-15-12-19(25(31)34-4-2)17-23(22)35-26(29)27-24(30)18-10-13-20(14-11-18)28-36(32,33)21-8-6-5-7-9-21/h1,5-15,17,28H,4,16H2,2H3. The van der Waals surface area contributed by atoms with Crippen LogP contribution in [0.3, 0.4) is 0 Å². The van der Waals surface area contributed by atoms with Gasteiger partial charge < -0.3 is 9.30 Å². The number of hydrogen-bond donors (Lipinski definition) is 1. The Morgan fingerprint density at radius 3 is 2.42 bits per heavy atom. The van der Waals surface area contributed by atoms with Crippen LogP contribution in [0.2, 0.25) is 0 Å². The number of carbonyl (C=O) groups is 2. The van der Waals surface area contributed by atoms with Crippen molar-refractivity contribution in [2.75, 3.05) is 11.3 Å². The summed E-state index contributed by atoms with van der Waals surface area (Å²) in [5.41, 5.74) is 1.72. The largest absolute Gasteiger partial charge is 0.462 e. The van der Waals surface area contributed by atoms with Gasteiger partial charge in [0.2, 0.25) is 0 Å². The Kier molecular flexibility index (Phi) is 7.33. The van der Waals surface area contributed by atoms with E-state index >= 15 is 0 Å². The highest BCUT2D eigenvalue weighted by molar-refractivity contribution is 7.92. The molecule has 0 saturated heterocycles. The summed E-state index contributed by atoms with van der Waals surface area (Å²) in [5, 5.41) is 0. The van der Waals surface area contributed by atoms with Gasteiger partial charge in [-0.2, -0.15) is 4.99 Å². The first-order valence-electron chi connectivity index (χ1n) is 10.8. The van der Waals surface area contributed by atoms with Gasteiger partial charge in [0.25, 0.3) is 15.9 Å². The highest BCUT2D eigenvalue weighted by Gasteiger charge is 2.15. The lowest BCUT2D eigenvalue weighted by atomic mass is 10.2. The van der Waals surface area contributed by atoms with Crippen LogP contribution in [0.5, 0.6) is 0 Å². The van der Waals surface area contributed by atoms with Gasteiger partial charge >= 0.3 is 5.97 Å². The maximum absolute atomic E-state index is 12.9. The van der Waals surface area contributed by atoms with Crippen molar-refractivity contribution in [2.45, 2.75) is 18.4 Å². The van der Waals surface area contributed by atoms with Crippen LogP contribution in [0.25, 0.3) is 10.2 Å². The van der Waals surface area contributed by atoms with Gasteiger partial charge in [-0.15, -0.1) is 6.42 Å². The van der Waals surface area contributed by atoms with E-state index in [1.165, 1.54) is 47.7 Å². The highest BCUT2D eigenvalue weighted by atomic mass is 32.2. The fraction of sp³-hybridized carbons (Fsp3) is 0.115. The number of anilines is 1. The predicted molar refractivity (Wildman–Crippen MR) is 138 cm³/mol. The number of aromatic nitrogens is 1. The number of nitrogens with zero attached hydrogens (tertiary/aromatic N) is 2. The smallest absolute Gasteiger partial charge is 0.338 e. The molecule has 0 saturated carbocycles. The molecule has 4 rings (SSSR count). The lowest BCUT2D eigenvalue weighted by Crippen LogP contribution is -2.16. The minimum absolute atomic E-state index is 0.133. The minimum atomic E-state index is -3.75. The van der Waals surface area contributed by atoms with E-state index in [1.807, 2.05) is 0 Å². The van der Waals surface area contributed by atoms with E-state index in [1.54, 1.807) is 47.9 Å². The number of hydrogen-bond acceptors (Lipinski definition) is 6. The lowest BCUT2D eigenvalue weighted by Gasteiger charge is -2.08. The zero-order valence-electron chi connectivity index (χ0n) is 19.2. The van der Waals surface area contributed by atoms with Crippen molar-refractivity contribution in [2.24, 2.45) is 4.99 Å². The van der Waals surface area contributed by atoms with Gasteiger partial charge in [0.15, 0.2) is 4.80 Å². The van der Waals surface area contributed by atoms with Crippen LogP contribution in [0.1, 0.15) is 27.6 Å². The molecule has 0 radical (unpaired) electrons. The SMILES string of the molecule is C#CCn1c(=NC(=O)c2ccc(NS(=O)(=O)c3ccccc3)cc2)sc2cc(C(=O)OCC)ccc21. The average Bonchev–Trinajstić information content (AvgIpc) is 3.21. The first-order chi connectivity index (χ1) is 17.3. The Morgan fingerprint density at radius 2 is 1.75 bits per heavy atom. The van der Waals surface area contributed by atoms with Crippen molar-refractivity contribution in [1.29, 1.82) is 0 Å². The van der Waals surface area contributed by atoms with Gasteiger partial charge in [0, 0.05) is 11.3 Å². The first-order valence-corrected chi connectivity index (χ1v) is 13.1. The maximum Gasteiger partial charge on any atom is 0.338 e. The summed E-state index contributed by atoms with van der Waals surface area (Å²) in [6.45, 7) is 2.18. The van der Waals surface area contributed by atoms with Crippen molar-refractivity contribution in [1.82, 2.24) is 4.57 Å². The van der Waals surface area contributed by atoms with Crippen molar-refractivity contribution < 1.29 is 22.7 Å². The number of carbonyl (C=O) groups excluding carboxylic acids is 2. The number of ether oxygens (including phenoxy) is 1. The molecular weight excluding hydrogens is 498 g/mol. The van der Waals surface area contributed by atoms with Gasteiger partial charge in [-0.3, -0.25) is 9.52 Å². The van der Waals surface area contributed by atoms with Gasteiger partial charge in [-0.05, 0) is 61.5 Å². The highest BCUT2D eigenvalue weighted by Crippen LogP contribution is 2.21. The summed E-state index contributed by atoms with van der Waals surface area (Å²) in [6, 6.07) is 19.0. The molecule has 1 N–H and O–H groups in total. The van der Waals surface area contributed by atoms with Crippen LogP contribution in [-0.4, -0.2) is 31.5 Å². The molecule has 0 bridgehead atoms. The van der Waals surface area contributed by atoms with Gasteiger partial charge in [0.1, 0.15) is 0 Å². The number of thiazole rings is 1. The van der Waals surface area contributed by atoms with E-state index < -0.39 is 21.9 Å². The Labute approximate surface area is 211 Å².